The molecule has 1 heterocycles. The Morgan fingerprint density at radius 1 is 1.43 bits per heavy atom. The van der Waals surface area contributed by atoms with Gasteiger partial charge in [0, 0.05) is 28.9 Å². The van der Waals surface area contributed by atoms with Crippen LogP contribution in [0.1, 0.15) is 26.7 Å². The van der Waals surface area contributed by atoms with E-state index in [0.29, 0.717) is 23.9 Å². The monoisotopic (exact) mass is 328 g/mol. The highest BCUT2D eigenvalue weighted by Gasteiger charge is 2.35. The molecule has 0 saturated carbocycles. The number of nitrogen functional groups attached to an aromatic ring is 1. The average Bonchev–Trinajstić information content (AvgIpc) is 2.88. The quantitative estimate of drug-likeness (QED) is 0.644. The maximum absolute atomic E-state index is 12.5. The molecule has 1 saturated heterocycles. The number of hydrogen-bond acceptors (Lipinski definition) is 4. The van der Waals surface area contributed by atoms with Gasteiger partial charge in [0.05, 0.1) is 5.75 Å². The van der Waals surface area contributed by atoms with Crippen molar-refractivity contribution < 1.29 is 8.42 Å². The average molecular weight is 329 g/mol. The van der Waals surface area contributed by atoms with Gasteiger partial charge in [0.25, 0.3) is 0 Å². The first-order chi connectivity index (χ1) is 9.90. The zero-order valence-electron chi connectivity index (χ0n) is 12.7. The van der Waals surface area contributed by atoms with E-state index < -0.39 is 10.0 Å². The first-order valence-corrected chi connectivity index (χ1v) is 9.97. The van der Waals surface area contributed by atoms with Crippen LogP contribution in [0.5, 0.6) is 0 Å². The van der Waals surface area contributed by atoms with Gasteiger partial charge >= 0.3 is 0 Å². The molecule has 1 fully saturated rings. The summed E-state index contributed by atoms with van der Waals surface area (Å²) >= 11 is 1.54. The third kappa shape index (κ3) is 4.37. The van der Waals surface area contributed by atoms with E-state index >= 15 is 0 Å². The van der Waals surface area contributed by atoms with Gasteiger partial charge in [-0.1, -0.05) is 19.9 Å². The highest BCUT2D eigenvalue weighted by atomic mass is 32.2. The fraction of sp³-hybridized carbons (Fsp3) is 0.600. The van der Waals surface area contributed by atoms with Crippen LogP contribution in [0.2, 0.25) is 0 Å². The van der Waals surface area contributed by atoms with Gasteiger partial charge in [-0.05, 0) is 37.0 Å². The van der Waals surface area contributed by atoms with Gasteiger partial charge in [-0.25, -0.2) is 8.42 Å². The predicted molar refractivity (Wildman–Crippen MR) is 89.9 cm³/mol. The van der Waals surface area contributed by atoms with Gasteiger partial charge in [0.2, 0.25) is 10.0 Å². The van der Waals surface area contributed by atoms with E-state index in [4.69, 9.17) is 5.73 Å². The SMILES string of the molecule is CC(C)C1CCCN1S(=O)(=O)CCSc1cccc(N)c1. The summed E-state index contributed by atoms with van der Waals surface area (Å²) in [5.41, 5.74) is 6.44. The Balaban J connectivity index is 1.92. The number of benzene rings is 1. The number of nitrogens with zero attached hydrogens (tertiary/aromatic N) is 1. The number of rotatable bonds is 6. The molecule has 21 heavy (non-hydrogen) atoms. The molecule has 0 radical (unpaired) electrons. The van der Waals surface area contributed by atoms with Crippen molar-refractivity contribution >= 4 is 27.5 Å². The molecule has 0 aliphatic carbocycles. The molecule has 0 amide bonds. The van der Waals surface area contributed by atoms with Gasteiger partial charge in [0.15, 0.2) is 0 Å². The van der Waals surface area contributed by atoms with Crippen molar-refractivity contribution in [3.05, 3.63) is 24.3 Å². The minimum absolute atomic E-state index is 0.173. The Morgan fingerprint density at radius 2 is 2.19 bits per heavy atom. The molecule has 0 spiro atoms. The maximum atomic E-state index is 12.5. The van der Waals surface area contributed by atoms with Gasteiger partial charge < -0.3 is 5.73 Å². The number of sulfonamides is 1. The fourth-order valence-electron chi connectivity index (χ4n) is 2.76. The molecule has 2 rings (SSSR count). The molecule has 4 nitrogen and oxygen atoms in total. The topological polar surface area (TPSA) is 63.4 Å². The first kappa shape index (κ1) is 16.6. The lowest BCUT2D eigenvalue weighted by molar-refractivity contribution is 0.316. The Bertz CT molecular complexity index is 573. The molecule has 118 valence electrons. The summed E-state index contributed by atoms with van der Waals surface area (Å²) in [5, 5.41) is 0. The van der Waals surface area contributed by atoms with Crippen molar-refractivity contribution in [1.29, 1.82) is 0 Å². The van der Waals surface area contributed by atoms with E-state index in [1.165, 1.54) is 0 Å². The summed E-state index contributed by atoms with van der Waals surface area (Å²) < 4.78 is 26.7. The predicted octanol–water partition coefficient (Wildman–Crippen LogP) is 2.81. The van der Waals surface area contributed by atoms with Crippen molar-refractivity contribution in [2.75, 3.05) is 23.8 Å². The molecular formula is C15H24N2O2S2. The summed E-state index contributed by atoms with van der Waals surface area (Å²) in [7, 11) is -3.15. The Hall–Kier alpha value is -0.720. The molecule has 1 atom stereocenters. The standard InChI is InChI=1S/C15H24N2O2S2/c1-12(2)15-7-4-8-17(15)21(18,19)10-9-20-14-6-3-5-13(16)11-14/h3,5-6,11-12,15H,4,7-10,16H2,1-2H3. The summed E-state index contributed by atoms with van der Waals surface area (Å²) in [6, 6.07) is 7.73. The second-order valence-corrected chi connectivity index (χ2v) is 9.01. The van der Waals surface area contributed by atoms with E-state index in [0.717, 1.165) is 17.7 Å². The Labute approximate surface area is 132 Å². The molecule has 6 heteroatoms. The molecular weight excluding hydrogens is 304 g/mol. The van der Waals surface area contributed by atoms with Crippen LogP contribution in [0.4, 0.5) is 5.69 Å². The van der Waals surface area contributed by atoms with Crippen LogP contribution in [0, 0.1) is 5.92 Å². The van der Waals surface area contributed by atoms with Crippen LogP contribution < -0.4 is 5.73 Å². The molecule has 1 aromatic carbocycles. The lowest BCUT2D eigenvalue weighted by Gasteiger charge is -2.26. The van der Waals surface area contributed by atoms with E-state index in [1.54, 1.807) is 16.1 Å². The van der Waals surface area contributed by atoms with Crippen molar-refractivity contribution in [2.45, 2.75) is 37.6 Å². The summed E-state index contributed by atoms with van der Waals surface area (Å²) in [4.78, 5) is 1.02. The lowest BCUT2D eigenvalue weighted by atomic mass is 10.0. The second kappa shape index (κ2) is 7.03. The van der Waals surface area contributed by atoms with E-state index in [1.807, 2.05) is 24.3 Å². The summed E-state index contributed by atoms with van der Waals surface area (Å²) in [6.07, 6.45) is 1.96. The zero-order valence-corrected chi connectivity index (χ0v) is 14.3. The van der Waals surface area contributed by atoms with E-state index in [9.17, 15) is 8.42 Å². The van der Waals surface area contributed by atoms with Crippen LogP contribution >= 0.6 is 11.8 Å². The number of thioether (sulfide) groups is 1. The number of hydrogen-bond donors (Lipinski definition) is 1. The molecule has 1 aromatic rings. The van der Waals surface area contributed by atoms with Crippen LogP contribution in [0.15, 0.2) is 29.2 Å². The molecule has 1 unspecified atom stereocenters. The molecule has 2 N–H and O–H groups in total. The third-order valence-corrected chi connectivity index (χ3v) is 6.99. The van der Waals surface area contributed by atoms with Crippen molar-refractivity contribution in [3.8, 4) is 0 Å². The Morgan fingerprint density at radius 3 is 2.86 bits per heavy atom. The Kier molecular flexibility index (Phi) is 5.57. The second-order valence-electron chi connectivity index (χ2n) is 5.80. The van der Waals surface area contributed by atoms with Gasteiger partial charge in [-0.15, -0.1) is 11.8 Å². The lowest BCUT2D eigenvalue weighted by Crippen LogP contribution is -2.40. The maximum Gasteiger partial charge on any atom is 0.215 e. The zero-order chi connectivity index (χ0) is 15.5. The first-order valence-electron chi connectivity index (χ1n) is 7.38. The van der Waals surface area contributed by atoms with Gasteiger partial charge in [-0.2, -0.15) is 4.31 Å². The summed E-state index contributed by atoms with van der Waals surface area (Å²) in [5.74, 6) is 1.13. The van der Waals surface area contributed by atoms with E-state index in [-0.39, 0.29) is 11.8 Å². The van der Waals surface area contributed by atoms with E-state index in [2.05, 4.69) is 13.8 Å². The van der Waals surface area contributed by atoms with Crippen LogP contribution in [0.3, 0.4) is 0 Å². The minimum atomic E-state index is -3.15. The van der Waals surface area contributed by atoms with Gasteiger partial charge in [0.1, 0.15) is 0 Å². The number of anilines is 1. The van der Waals surface area contributed by atoms with Crippen LogP contribution in [-0.2, 0) is 10.0 Å². The normalized spacial score (nSPS) is 20.2. The van der Waals surface area contributed by atoms with Crippen molar-refractivity contribution in [3.63, 3.8) is 0 Å². The highest BCUT2D eigenvalue weighted by Crippen LogP contribution is 2.28. The molecule has 0 bridgehead atoms. The molecule has 0 aromatic heterocycles. The molecule has 1 aliphatic rings. The fourth-order valence-corrected chi connectivity index (χ4v) is 5.97. The van der Waals surface area contributed by atoms with Crippen molar-refractivity contribution in [1.82, 2.24) is 4.31 Å². The number of nitrogens with two attached hydrogens (primary N) is 1. The highest BCUT2D eigenvalue weighted by molar-refractivity contribution is 8.00. The van der Waals surface area contributed by atoms with Crippen molar-refractivity contribution in [2.24, 2.45) is 5.92 Å². The smallest absolute Gasteiger partial charge is 0.215 e. The third-order valence-electron chi connectivity index (χ3n) is 3.84. The van der Waals surface area contributed by atoms with Crippen LogP contribution in [0.25, 0.3) is 0 Å². The molecule has 1 aliphatic heterocycles. The summed E-state index contributed by atoms with van der Waals surface area (Å²) in [6.45, 7) is 4.87. The van der Waals surface area contributed by atoms with Crippen LogP contribution in [-0.4, -0.2) is 36.8 Å². The minimum Gasteiger partial charge on any atom is -0.399 e. The largest absolute Gasteiger partial charge is 0.399 e. The van der Waals surface area contributed by atoms with Gasteiger partial charge in [-0.3, -0.25) is 0 Å².